The lowest BCUT2D eigenvalue weighted by Gasteiger charge is -2.25. The molecule has 0 saturated carbocycles. The molecule has 4 nitrogen and oxygen atoms in total. The average Bonchev–Trinajstić information content (AvgIpc) is 2.83. The van der Waals surface area contributed by atoms with Crippen LogP contribution in [-0.4, -0.2) is 30.6 Å². The molecule has 2 unspecified atom stereocenters. The molecule has 1 aliphatic rings. The van der Waals surface area contributed by atoms with Gasteiger partial charge < -0.3 is 9.05 Å². The zero-order valence-electron chi connectivity index (χ0n) is 12.3. The van der Waals surface area contributed by atoms with Crippen LogP contribution in [0, 0.1) is 0 Å². The van der Waals surface area contributed by atoms with Gasteiger partial charge in [0.15, 0.2) is 0 Å². The lowest BCUT2D eigenvalue weighted by atomic mass is 10.1. The molecule has 1 aromatic rings. The zero-order valence-corrected chi connectivity index (χ0v) is 13.2. The molecule has 5 heteroatoms. The molecule has 0 N–H and O–H groups in total. The van der Waals surface area contributed by atoms with Gasteiger partial charge in [0.1, 0.15) is 0 Å². The predicted molar refractivity (Wildman–Crippen MR) is 81.7 cm³/mol. The fraction of sp³-hybridized carbons (Fsp3) is 0.533. The molecule has 2 atom stereocenters. The van der Waals surface area contributed by atoms with E-state index in [-0.39, 0.29) is 11.7 Å². The van der Waals surface area contributed by atoms with Crippen LogP contribution in [0.5, 0.6) is 0 Å². The van der Waals surface area contributed by atoms with E-state index in [0.717, 1.165) is 11.3 Å². The van der Waals surface area contributed by atoms with E-state index in [0.29, 0.717) is 19.6 Å². The van der Waals surface area contributed by atoms with Crippen LogP contribution < -0.4 is 0 Å². The fourth-order valence-electron chi connectivity index (χ4n) is 2.54. The standard InChI is InChI=1S/C15H22NO3P/c1-4-18-20(17,19-5-2)15-11-14(16-12(15)3)13-9-7-6-8-10-13/h6-10,12,15H,4-5,11H2,1-3H3. The summed E-state index contributed by atoms with van der Waals surface area (Å²) >= 11 is 0. The predicted octanol–water partition coefficient (Wildman–Crippen LogP) is 3.90. The Balaban J connectivity index is 2.19. The molecule has 0 saturated heterocycles. The average molecular weight is 295 g/mol. The second-order valence-corrected chi connectivity index (χ2v) is 7.09. The van der Waals surface area contributed by atoms with Gasteiger partial charge in [-0.1, -0.05) is 30.3 Å². The highest BCUT2D eigenvalue weighted by atomic mass is 31.2. The molecular formula is C15H22NO3P. The number of aliphatic imine (C=N–C) groups is 1. The van der Waals surface area contributed by atoms with Gasteiger partial charge in [-0.25, -0.2) is 0 Å². The van der Waals surface area contributed by atoms with E-state index in [9.17, 15) is 4.57 Å². The van der Waals surface area contributed by atoms with Gasteiger partial charge in [-0.3, -0.25) is 9.56 Å². The van der Waals surface area contributed by atoms with Crippen molar-refractivity contribution in [1.82, 2.24) is 0 Å². The second kappa shape index (κ2) is 6.66. The third-order valence-electron chi connectivity index (χ3n) is 3.45. The molecule has 2 rings (SSSR count). The van der Waals surface area contributed by atoms with Gasteiger partial charge in [0, 0.05) is 12.1 Å². The summed E-state index contributed by atoms with van der Waals surface area (Å²) in [6, 6.07) is 9.96. The van der Waals surface area contributed by atoms with Gasteiger partial charge in [0.05, 0.1) is 24.9 Å². The van der Waals surface area contributed by atoms with Gasteiger partial charge in [-0.15, -0.1) is 0 Å². The van der Waals surface area contributed by atoms with Crippen molar-refractivity contribution in [2.45, 2.75) is 38.9 Å². The van der Waals surface area contributed by atoms with Crippen LogP contribution in [-0.2, 0) is 13.6 Å². The smallest absolute Gasteiger partial charge is 0.309 e. The third-order valence-corrected chi connectivity index (χ3v) is 6.11. The highest BCUT2D eigenvalue weighted by Gasteiger charge is 2.43. The second-order valence-electron chi connectivity index (χ2n) is 4.83. The van der Waals surface area contributed by atoms with Crippen LogP contribution in [0.25, 0.3) is 0 Å². The summed E-state index contributed by atoms with van der Waals surface area (Å²) in [5.41, 5.74) is 1.89. The number of hydrogen-bond donors (Lipinski definition) is 0. The number of hydrogen-bond acceptors (Lipinski definition) is 4. The molecule has 0 amide bonds. The highest BCUT2D eigenvalue weighted by Crippen LogP contribution is 2.57. The highest BCUT2D eigenvalue weighted by molar-refractivity contribution is 7.54. The summed E-state index contributed by atoms with van der Waals surface area (Å²) in [5.74, 6) is 0. The maximum Gasteiger partial charge on any atom is 0.336 e. The molecule has 0 fully saturated rings. The maximum absolute atomic E-state index is 12.9. The Hall–Kier alpha value is -0.960. The normalized spacial score (nSPS) is 22.9. The van der Waals surface area contributed by atoms with Crippen LogP contribution in [0.2, 0.25) is 0 Å². The topological polar surface area (TPSA) is 47.9 Å². The Labute approximate surface area is 120 Å². The Morgan fingerprint density at radius 2 is 1.80 bits per heavy atom. The monoisotopic (exact) mass is 295 g/mol. The van der Waals surface area contributed by atoms with Crippen molar-refractivity contribution in [2.75, 3.05) is 13.2 Å². The van der Waals surface area contributed by atoms with Crippen LogP contribution in [0.3, 0.4) is 0 Å². The number of nitrogens with zero attached hydrogens (tertiary/aromatic N) is 1. The molecule has 0 radical (unpaired) electrons. The Kier molecular flexibility index (Phi) is 5.14. The first-order chi connectivity index (χ1) is 9.60. The summed E-state index contributed by atoms with van der Waals surface area (Å²) in [6.07, 6.45) is 0.641. The minimum Gasteiger partial charge on any atom is -0.309 e. The first-order valence-electron chi connectivity index (χ1n) is 7.11. The molecule has 1 aromatic carbocycles. The summed E-state index contributed by atoms with van der Waals surface area (Å²) in [6.45, 7) is 6.43. The molecule has 0 bridgehead atoms. The summed E-state index contributed by atoms with van der Waals surface area (Å²) in [5, 5.41) is 0. The lowest BCUT2D eigenvalue weighted by Crippen LogP contribution is -2.21. The van der Waals surface area contributed by atoms with Crippen molar-refractivity contribution in [3.05, 3.63) is 35.9 Å². The molecule has 1 heterocycles. The largest absolute Gasteiger partial charge is 0.336 e. The zero-order chi connectivity index (χ0) is 14.6. The van der Waals surface area contributed by atoms with Gasteiger partial charge in [-0.05, 0) is 26.3 Å². The molecule has 1 aliphatic heterocycles. The molecule has 20 heavy (non-hydrogen) atoms. The first kappa shape index (κ1) is 15.4. The van der Waals surface area contributed by atoms with Crippen molar-refractivity contribution in [3.63, 3.8) is 0 Å². The van der Waals surface area contributed by atoms with Gasteiger partial charge in [0.2, 0.25) is 0 Å². The van der Waals surface area contributed by atoms with E-state index in [4.69, 9.17) is 9.05 Å². The van der Waals surface area contributed by atoms with E-state index in [1.54, 1.807) is 0 Å². The maximum atomic E-state index is 12.9. The molecule has 0 aromatic heterocycles. The fourth-order valence-corrected chi connectivity index (χ4v) is 4.71. The number of rotatable bonds is 6. The van der Waals surface area contributed by atoms with Crippen molar-refractivity contribution in [1.29, 1.82) is 0 Å². The summed E-state index contributed by atoms with van der Waals surface area (Å²) in [4.78, 5) is 4.66. The van der Waals surface area contributed by atoms with Gasteiger partial charge >= 0.3 is 7.60 Å². The quantitative estimate of drug-likeness (QED) is 0.748. The van der Waals surface area contributed by atoms with E-state index >= 15 is 0 Å². The van der Waals surface area contributed by atoms with Gasteiger partial charge in [-0.2, -0.15) is 0 Å². The van der Waals surface area contributed by atoms with Crippen LogP contribution in [0.15, 0.2) is 35.3 Å². The minimum absolute atomic E-state index is 0.0471. The van der Waals surface area contributed by atoms with Crippen molar-refractivity contribution in [3.8, 4) is 0 Å². The van der Waals surface area contributed by atoms with E-state index < -0.39 is 7.60 Å². The SMILES string of the molecule is CCOP(=O)(OCC)C1CC(c2ccccc2)=NC1C. The van der Waals surface area contributed by atoms with Crippen molar-refractivity contribution < 1.29 is 13.6 Å². The van der Waals surface area contributed by atoms with Crippen molar-refractivity contribution in [2.24, 2.45) is 4.99 Å². The minimum atomic E-state index is -3.10. The Morgan fingerprint density at radius 3 is 2.35 bits per heavy atom. The van der Waals surface area contributed by atoms with E-state index in [2.05, 4.69) is 4.99 Å². The number of benzene rings is 1. The summed E-state index contributed by atoms with van der Waals surface area (Å²) in [7, 11) is -3.10. The Bertz CT molecular complexity index is 505. The van der Waals surface area contributed by atoms with E-state index in [1.807, 2.05) is 51.1 Å². The molecule has 0 aliphatic carbocycles. The third kappa shape index (κ3) is 3.20. The molecule has 110 valence electrons. The van der Waals surface area contributed by atoms with Crippen LogP contribution >= 0.6 is 7.60 Å². The van der Waals surface area contributed by atoms with Crippen LogP contribution in [0.4, 0.5) is 0 Å². The summed E-state index contributed by atoms with van der Waals surface area (Å²) < 4.78 is 23.8. The van der Waals surface area contributed by atoms with Crippen LogP contribution in [0.1, 0.15) is 32.8 Å². The Morgan fingerprint density at radius 1 is 1.20 bits per heavy atom. The first-order valence-corrected chi connectivity index (χ1v) is 8.72. The molecular weight excluding hydrogens is 273 g/mol. The van der Waals surface area contributed by atoms with E-state index in [1.165, 1.54) is 0 Å². The molecule has 0 spiro atoms. The van der Waals surface area contributed by atoms with Crippen molar-refractivity contribution >= 4 is 13.3 Å². The lowest BCUT2D eigenvalue weighted by molar-refractivity contribution is 0.210. The van der Waals surface area contributed by atoms with Gasteiger partial charge in [0.25, 0.3) is 0 Å².